The Kier molecular flexibility index (Phi) is 4.12. The summed E-state index contributed by atoms with van der Waals surface area (Å²) in [5.74, 6) is 0.285. The molecule has 0 saturated carbocycles. The number of nitrogens with one attached hydrogen (secondary N) is 1. The third-order valence-electron chi connectivity index (χ3n) is 3.80. The van der Waals surface area contributed by atoms with Crippen LogP contribution in [-0.4, -0.2) is 32.8 Å². The van der Waals surface area contributed by atoms with E-state index in [1.54, 1.807) is 12.1 Å². The van der Waals surface area contributed by atoms with Gasteiger partial charge in [0, 0.05) is 0 Å². The molecule has 2 aromatic carbocycles. The SMILES string of the molecule is O=[N+]([O-])c1cc2c(cc1/C=N\n1c(-c3ccccc3F)n[nH]c1=S)OCO2. The van der Waals surface area contributed by atoms with E-state index in [-0.39, 0.29) is 40.0 Å². The van der Waals surface area contributed by atoms with Crippen LogP contribution >= 0.6 is 12.2 Å². The molecule has 27 heavy (non-hydrogen) atoms. The number of benzene rings is 2. The summed E-state index contributed by atoms with van der Waals surface area (Å²) >= 11 is 5.13. The quantitative estimate of drug-likeness (QED) is 0.319. The van der Waals surface area contributed by atoms with Crippen molar-refractivity contribution in [3.05, 3.63) is 62.7 Å². The first-order chi connectivity index (χ1) is 13.0. The molecule has 0 atom stereocenters. The van der Waals surface area contributed by atoms with E-state index in [0.717, 1.165) is 0 Å². The Morgan fingerprint density at radius 1 is 1.33 bits per heavy atom. The van der Waals surface area contributed by atoms with Crippen molar-refractivity contribution < 1.29 is 18.8 Å². The molecule has 0 amide bonds. The third-order valence-corrected chi connectivity index (χ3v) is 4.06. The molecule has 1 aliphatic heterocycles. The molecule has 9 nitrogen and oxygen atoms in total. The van der Waals surface area contributed by atoms with E-state index in [4.69, 9.17) is 21.7 Å². The topological polar surface area (TPSA) is 108 Å². The number of nitro groups is 1. The fourth-order valence-corrected chi connectivity index (χ4v) is 2.72. The molecule has 0 saturated heterocycles. The zero-order valence-electron chi connectivity index (χ0n) is 13.5. The molecule has 0 unspecified atom stereocenters. The zero-order chi connectivity index (χ0) is 19.0. The van der Waals surface area contributed by atoms with Gasteiger partial charge in [0.2, 0.25) is 11.6 Å². The summed E-state index contributed by atoms with van der Waals surface area (Å²) in [6, 6.07) is 8.70. The molecule has 0 fully saturated rings. The van der Waals surface area contributed by atoms with Crippen LogP contribution in [0, 0.1) is 20.7 Å². The minimum Gasteiger partial charge on any atom is -0.454 e. The molecule has 0 aliphatic carbocycles. The van der Waals surface area contributed by atoms with Crippen molar-refractivity contribution in [2.45, 2.75) is 0 Å². The molecule has 0 radical (unpaired) electrons. The summed E-state index contributed by atoms with van der Waals surface area (Å²) in [5.41, 5.74) is 0.138. The molecule has 11 heteroatoms. The Labute approximate surface area is 155 Å². The lowest BCUT2D eigenvalue weighted by atomic mass is 10.1. The average molecular weight is 387 g/mol. The lowest BCUT2D eigenvalue weighted by Crippen LogP contribution is -1.99. The smallest absolute Gasteiger partial charge is 0.282 e. The number of nitro benzene ring substituents is 1. The number of H-pyrrole nitrogens is 1. The van der Waals surface area contributed by atoms with Gasteiger partial charge in [0.15, 0.2) is 17.3 Å². The molecular weight excluding hydrogens is 377 g/mol. The second kappa shape index (κ2) is 6.61. The van der Waals surface area contributed by atoms with Crippen molar-refractivity contribution in [1.82, 2.24) is 14.9 Å². The Balaban J connectivity index is 1.79. The van der Waals surface area contributed by atoms with Gasteiger partial charge in [0.1, 0.15) is 5.82 Å². The van der Waals surface area contributed by atoms with Gasteiger partial charge < -0.3 is 9.47 Å². The van der Waals surface area contributed by atoms with Crippen molar-refractivity contribution in [3.8, 4) is 22.9 Å². The van der Waals surface area contributed by atoms with Crippen LogP contribution in [0.5, 0.6) is 11.5 Å². The summed E-state index contributed by atoms with van der Waals surface area (Å²) in [5, 5.41) is 22.0. The van der Waals surface area contributed by atoms with Gasteiger partial charge in [-0.15, -0.1) is 0 Å². The summed E-state index contributed by atoms with van der Waals surface area (Å²) in [6.07, 6.45) is 1.23. The molecule has 4 rings (SSSR count). The molecule has 0 spiro atoms. The average Bonchev–Trinajstić information content (AvgIpc) is 3.25. The number of aromatic amines is 1. The fourth-order valence-electron chi connectivity index (χ4n) is 2.54. The van der Waals surface area contributed by atoms with Gasteiger partial charge in [-0.3, -0.25) is 10.1 Å². The number of nitrogens with zero attached hydrogens (tertiary/aromatic N) is 4. The molecule has 1 N–H and O–H groups in total. The highest BCUT2D eigenvalue weighted by Crippen LogP contribution is 2.37. The summed E-state index contributed by atoms with van der Waals surface area (Å²) < 4.78 is 25.8. The number of hydrogen-bond acceptors (Lipinski definition) is 7. The fraction of sp³-hybridized carbons (Fsp3) is 0.0625. The molecule has 2 heterocycles. The monoisotopic (exact) mass is 387 g/mol. The van der Waals surface area contributed by atoms with Crippen molar-refractivity contribution >= 4 is 24.1 Å². The molecule has 136 valence electrons. The lowest BCUT2D eigenvalue weighted by molar-refractivity contribution is -0.385. The van der Waals surface area contributed by atoms with Crippen LogP contribution in [0.25, 0.3) is 11.4 Å². The number of fused-ring (bicyclic) bond motifs is 1. The van der Waals surface area contributed by atoms with Gasteiger partial charge >= 0.3 is 0 Å². The van der Waals surface area contributed by atoms with E-state index in [9.17, 15) is 14.5 Å². The van der Waals surface area contributed by atoms with Crippen molar-refractivity contribution in [1.29, 1.82) is 0 Å². The predicted octanol–water partition coefficient (Wildman–Crippen LogP) is 3.27. The highest BCUT2D eigenvalue weighted by atomic mass is 32.1. The largest absolute Gasteiger partial charge is 0.454 e. The summed E-state index contributed by atoms with van der Waals surface area (Å²) in [7, 11) is 0. The van der Waals surface area contributed by atoms with E-state index in [1.165, 1.54) is 35.2 Å². The van der Waals surface area contributed by atoms with Crippen LogP contribution in [-0.2, 0) is 0 Å². The van der Waals surface area contributed by atoms with Gasteiger partial charge in [-0.05, 0) is 30.4 Å². The summed E-state index contributed by atoms with van der Waals surface area (Å²) in [4.78, 5) is 10.8. The summed E-state index contributed by atoms with van der Waals surface area (Å²) in [6.45, 7) is -0.0166. The van der Waals surface area contributed by atoms with E-state index in [1.807, 2.05) is 0 Å². The lowest BCUT2D eigenvalue weighted by Gasteiger charge is -2.03. The van der Waals surface area contributed by atoms with Crippen LogP contribution < -0.4 is 9.47 Å². The normalized spacial score (nSPS) is 12.6. The third kappa shape index (κ3) is 3.04. The van der Waals surface area contributed by atoms with Crippen LogP contribution in [0.4, 0.5) is 10.1 Å². The second-order valence-electron chi connectivity index (χ2n) is 5.41. The van der Waals surface area contributed by atoms with Gasteiger partial charge in [-0.25, -0.2) is 9.49 Å². The standard InChI is InChI=1S/C16H10FN5O4S/c17-11-4-2-1-3-10(11)15-19-20-16(27)21(15)18-7-9-5-13-14(26-8-25-13)6-12(9)22(23)24/h1-7H,8H2,(H,20,27)/b18-7-. The Hall–Kier alpha value is -3.60. The van der Waals surface area contributed by atoms with E-state index in [0.29, 0.717) is 5.75 Å². The van der Waals surface area contributed by atoms with Crippen LogP contribution in [0.2, 0.25) is 0 Å². The first-order valence-corrected chi connectivity index (χ1v) is 8.00. The maximum atomic E-state index is 14.1. The number of hydrogen-bond donors (Lipinski definition) is 1. The minimum atomic E-state index is -0.560. The number of rotatable bonds is 4. The van der Waals surface area contributed by atoms with Crippen LogP contribution in [0.3, 0.4) is 0 Å². The van der Waals surface area contributed by atoms with Gasteiger partial charge in [0.05, 0.1) is 28.3 Å². The van der Waals surface area contributed by atoms with Gasteiger partial charge in [-0.1, -0.05) is 12.1 Å². The minimum absolute atomic E-state index is 0.0166. The molecule has 0 bridgehead atoms. The highest BCUT2D eigenvalue weighted by molar-refractivity contribution is 7.71. The molecule has 3 aromatic rings. The predicted molar refractivity (Wildman–Crippen MR) is 95.0 cm³/mol. The number of ether oxygens (including phenoxy) is 2. The Morgan fingerprint density at radius 2 is 2.07 bits per heavy atom. The maximum Gasteiger partial charge on any atom is 0.282 e. The van der Waals surface area contributed by atoms with Crippen LogP contribution in [0.15, 0.2) is 41.5 Å². The highest BCUT2D eigenvalue weighted by Gasteiger charge is 2.22. The first kappa shape index (κ1) is 16.8. The molecule has 1 aliphatic rings. The number of halogens is 1. The Bertz CT molecular complexity index is 1140. The first-order valence-electron chi connectivity index (χ1n) is 7.59. The van der Waals surface area contributed by atoms with Crippen molar-refractivity contribution in [3.63, 3.8) is 0 Å². The second-order valence-corrected chi connectivity index (χ2v) is 5.80. The molecular formula is C16H10FN5O4S. The number of aromatic nitrogens is 3. The maximum absolute atomic E-state index is 14.1. The van der Waals surface area contributed by atoms with Crippen molar-refractivity contribution in [2.24, 2.45) is 5.10 Å². The Morgan fingerprint density at radius 3 is 2.81 bits per heavy atom. The van der Waals surface area contributed by atoms with Crippen LogP contribution in [0.1, 0.15) is 5.56 Å². The zero-order valence-corrected chi connectivity index (χ0v) is 14.3. The molecule has 1 aromatic heterocycles. The van der Waals surface area contributed by atoms with E-state index < -0.39 is 10.7 Å². The van der Waals surface area contributed by atoms with E-state index >= 15 is 0 Å². The van der Waals surface area contributed by atoms with Gasteiger partial charge in [-0.2, -0.15) is 14.9 Å². The van der Waals surface area contributed by atoms with Crippen molar-refractivity contribution in [2.75, 3.05) is 6.79 Å². The van der Waals surface area contributed by atoms with Gasteiger partial charge in [0.25, 0.3) is 5.69 Å². The van der Waals surface area contributed by atoms with E-state index in [2.05, 4.69) is 15.3 Å².